The van der Waals surface area contributed by atoms with Crippen LogP contribution in [0.4, 0.5) is 0 Å². The molecule has 0 saturated carbocycles. The van der Waals surface area contributed by atoms with E-state index >= 15 is 0 Å². The van der Waals surface area contributed by atoms with Crippen LogP contribution in [-0.4, -0.2) is 48.1 Å². The second-order valence-electron chi connectivity index (χ2n) is 6.46. The largest absolute Gasteiger partial charge is 0.350 e. The van der Waals surface area contributed by atoms with Crippen molar-refractivity contribution in [3.8, 4) is 0 Å². The van der Waals surface area contributed by atoms with Crippen molar-refractivity contribution >= 4 is 18.3 Å². The Balaban J connectivity index is 0.00000162. The first-order chi connectivity index (χ1) is 7.92. The zero-order chi connectivity index (χ0) is 12.5. The van der Waals surface area contributed by atoms with E-state index in [4.69, 9.17) is 0 Å². The molecule has 2 heterocycles. The normalized spacial score (nSPS) is 28.4. The van der Waals surface area contributed by atoms with E-state index in [1.165, 1.54) is 19.3 Å². The smallest absolute Gasteiger partial charge is 0.234 e. The van der Waals surface area contributed by atoms with Gasteiger partial charge in [-0.15, -0.1) is 12.4 Å². The molecule has 2 N–H and O–H groups in total. The lowest BCUT2D eigenvalue weighted by atomic mass is 10.1. The van der Waals surface area contributed by atoms with E-state index in [2.05, 4.69) is 15.5 Å². The minimum atomic E-state index is -0.125. The van der Waals surface area contributed by atoms with Gasteiger partial charge in [0.1, 0.15) is 0 Å². The zero-order valence-corrected chi connectivity index (χ0v) is 12.5. The van der Waals surface area contributed by atoms with Crippen molar-refractivity contribution in [3.05, 3.63) is 0 Å². The van der Waals surface area contributed by atoms with E-state index in [0.717, 1.165) is 13.1 Å². The molecule has 0 aromatic rings. The van der Waals surface area contributed by atoms with Gasteiger partial charge in [0.2, 0.25) is 5.91 Å². The van der Waals surface area contributed by atoms with Gasteiger partial charge >= 0.3 is 0 Å². The summed E-state index contributed by atoms with van der Waals surface area (Å²) in [5.41, 5.74) is -0.125. The summed E-state index contributed by atoms with van der Waals surface area (Å²) in [5.74, 6) is 0.148. The number of likely N-dealkylation sites (tertiary alicyclic amines) is 1. The van der Waals surface area contributed by atoms with Gasteiger partial charge in [-0.2, -0.15) is 0 Å². The fourth-order valence-corrected chi connectivity index (χ4v) is 2.82. The monoisotopic (exact) mass is 275 g/mol. The summed E-state index contributed by atoms with van der Waals surface area (Å²) in [4.78, 5) is 14.2. The van der Waals surface area contributed by atoms with Crippen LogP contribution >= 0.6 is 12.4 Å². The number of amides is 1. The Morgan fingerprint density at radius 1 is 1.28 bits per heavy atom. The van der Waals surface area contributed by atoms with Gasteiger partial charge in [-0.3, -0.25) is 9.69 Å². The number of hydrogen-bond acceptors (Lipinski definition) is 3. The fourth-order valence-electron chi connectivity index (χ4n) is 2.82. The van der Waals surface area contributed by atoms with Crippen LogP contribution in [0.25, 0.3) is 0 Å². The Morgan fingerprint density at radius 3 is 2.61 bits per heavy atom. The number of fused-ring (bicyclic) bond motifs is 2. The number of rotatable bonds is 2. The van der Waals surface area contributed by atoms with Gasteiger partial charge in [-0.25, -0.2) is 0 Å². The molecule has 2 bridgehead atoms. The van der Waals surface area contributed by atoms with Gasteiger partial charge in [-0.1, -0.05) is 0 Å². The van der Waals surface area contributed by atoms with E-state index in [0.29, 0.717) is 18.6 Å². The van der Waals surface area contributed by atoms with Gasteiger partial charge in [0.25, 0.3) is 0 Å². The van der Waals surface area contributed by atoms with E-state index in [9.17, 15) is 4.79 Å². The Morgan fingerprint density at radius 2 is 1.94 bits per heavy atom. The lowest BCUT2D eigenvalue weighted by molar-refractivity contribution is -0.123. The first-order valence-corrected chi connectivity index (χ1v) is 6.72. The summed E-state index contributed by atoms with van der Waals surface area (Å²) in [6.07, 6.45) is 3.76. The molecule has 2 saturated heterocycles. The van der Waals surface area contributed by atoms with Crippen molar-refractivity contribution in [2.45, 2.75) is 57.7 Å². The summed E-state index contributed by atoms with van der Waals surface area (Å²) < 4.78 is 0. The van der Waals surface area contributed by atoms with Crippen LogP contribution in [0.15, 0.2) is 0 Å². The molecule has 2 fully saturated rings. The van der Waals surface area contributed by atoms with Crippen molar-refractivity contribution in [1.29, 1.82) is 0 Å². The molecule has 0 radical (unpaired) electrons. The highest BCUT2D eigenvalue weighted by atomic mass is 35.5. The van der Waals surface area contributed by atoms with Gasteiger partial charge in [-0.05, 0) is 40.0 Å². The molecular formula is C13H26ClN3O. The third-order valence-corrected chi connectivity index (χ3v) is 3.49. The highest BCUT2D eigenvalue weighted by Crippen LogP contribution is 2.20. The Kier molecular flexibility index (Phi) is 5.44. The topological polar surface area (TPSA) is 44.4 Å². The standard InChI is InChI=1S/C13H25N3O.ClH/c1-13(2,3)15-12(17)9-16-7-6-10-4-5-11(8-16)14-10;/h10-11,14H,4-9H2,1-3H3,(H,15,17);1H. The predicted molar refractivity (Wildman–Crippen MR) is 76.1 cm³/mol. The van der Waals surface area contributed by atoms with Gasteiger partial charge in [0.05, 0.1) is 6.54 Å². The average Bonchev–Trinajstić information content (AvgIpc) is 2.48. The van der Waals surface area contributed by atoms with Gasteiger partial charge in [0.15, 0.2) is 0 Å². The van der Waals surface area contributed by atoms with Crippen LogP contribution in [0.5, 0.6) is 0 Å². The molecule has 0 spiro atoms. The molecule has 1 amide bonds. The summed E-state index contributed by atoms with van der Waals surface area (Å²) >= 11 is 0. The van der Waals surface area contributed by atoms with Crippen molar-refractivity contribution in [3.63, 3.8) is 0 Å². The van der Waals surface area contributed by atoms with E-state index < -0.39 is 0 Å². The summed E-state index contributed by atoms with van der Waals surface area (Å²) in [7, 11) is 0. The number of nitrogens with zero attached hydrogens (tertiary/aromatic N) is 1. The van der Waals surface area contributed by atoms with Crippen LogP contribution in [-0.2, 0) is 4.79 Å². The number of halogens is 1. The van der Waals surface area contributed by atoms with E-state index in [1.54, 1.807) is 0 Å². The number of carbonyl (C=O) groups is 1. The Bertz CT molecular complexity index is 290. The lowest BCUT2D eigenvalue weighted by Crippen LogP contribution is -2.47. The maximum Gasteiger partial charge on any atom is 0.234 e. The molecule has 2 unspecified atom stereocenters. The van der Waals surface area contributed by atoms with Gasteiger partial charge in [0, 0.05) is 30.7 Å². The molecule has 2 aliphatic rings. The minimum absolute atomic E-state index is 0. The number of nitrogens with one attached hydrogen (secondary N) is 2. The molecule has 106 valence electrons. The lowest BCUT2D eigenvalue weighted by Gasteiger charge is -2.26. The first kappa shape index (κ1) is 15.7. The highest BCUT2D eigenvalue weighted by Gasteiger charge is 2.30. The van der Waals surface area contributed by atoms with Crippen molar-refractivity contribution in [2.75, 3.05) is 19.6 Å². The van der Waals surface area contributed by atoms with E-state index in [1.807, 2.05) is 20.8 Å². The van der Waals surface area contributed by atoms with Crippen molar-refractivity contribution < 1.29 is 4.79 Å². The van der Waals surface area contributed by atoms with Crippen molar-refractivity contribution in [2.24, 2.45) is 0 Å². The zero-order valence-electron chi connectivity index (χ0n) is 11.7. The quantitative estimate of drug-likeness (QED) is 0.795. The average molecular weight is 276 g/mol. The molecule has 0 aromatic carbocycles. The van der Waals surface area contributed by atoms with E-state index in [-0.39, 0.29) is 23.9 Å². The van der Waals surface area contributed by atoms with Crippen LogP contribution in [0.3, 0.4) is 0 Å². The highest BCUT2D eigenvalue weighted by molar-refractivity contribution is 5.85. The van der Waals surface area contributed by atoms with Gasteiger partial charge < -0.3 is 10.6 Å². The van der Waals surface area contributed by atoms with Crippen LogP contribution < -0.4 is 10.6 Å². The molecular weight excluding hydrogens is 250 g/mol. The Hall–Kier alpha value is -0.320. The predicted octanol–water partition coefficient (Wildman–Crippen LogP) is 1.15. The first-order valence-electron chi connectivity index (χ1n) is 6.72. The molecule has 18 heavy (non-hydrogen) atoms. The second kappa shape index (κ2) is 6.22. The van der Waals surface area contributed by atoms with Crippen LogP contribution in [0.2, 0.25) is 0 Å². The number of carbonyl (C=O) groups excluding carboxylic acids is 1. The van der Waals surface area contributed by atoms with Crippen LogP contribution in [0.1, 0.15) is 40.0 Å². The van der Waals surface area contributed by atoms with Crippen LogP contribution in [0, 0.1) is 0 Å². The molecule has 2 rings (SSSR count). The molecule has 4 nitrogen and oxygen atoms in total. The maximum absolute atomic E-state index is 11.9. The number of hydrogen-bond donors (Lipinski definition) is 2. The molecule has 2 aliphatic heterocycles. The fraction of sp³-hybridized carbons (Fsp3) is 0.923. The summed E-state index contributed by atoms with van der Waals surface area (Å²) in [6.45, 7) is 8.69. The SMILES string of the molecule is CC(C)(C)NC(=O)CN1CCC2CCC(C1)N2.Cl. The minimum Gasteiger partial charge on any atom is -0.350 e. The molecule has 0 aromatic heterocycles. The second-order valence-corrected chi connectivity index (χ2v) is 6.46. The maximum atomic E-state index is 11.9. The summed E-state index contributed by atoms with van der Waals surface area (Å²) in [5, 5.41) is 6.66. The Labute approximate surface area is 116 Å². The molecule has 2 atom stereocenters. The molecule has 0 aliphatic carbocycles. The van der Waals surface area contributed by atoms with Crippen molar-refractivity contribution in [1.82, 2.24) is 15.5 Å². The third kappa shape index (κ3) is 4.75. The third-order valence-electron chi connectivity index (χ3n) is 3.49. The summed E-state index contributed by atoms with van der Waals surface area (Å²) in [6, 6.07) is 1.29. The molecule has 5 heteroatoms.